The number of hydrogen-bond acceptors (Lipinski definition) is 4. The first kappa shape index (κ1) is 15.0. The number of amides is 1. The third-order valence-corrected chi connectivity index (χ3v) is 2.50. The lowest BCUT2D eigenvalue weighted by Crippen LogP contribution is -2.30. The minimum absolute atomic E-state index is 0.195. The van der Waals surface area contributed by atoms with Crippen LogP contribution in [0.1, 0.15) is 11.1 Å². The highest BCUT2D eigenvalue weighted by Gasteiger charge is 2.08. The van der Waals surface area contributed by atoms with Crippen LogP contribution in [0.4, 0.5) is 0 Å². The first-order chi connectivity index (χ1) is 9.06. The van der Waals surface area contributed by atoms with E-state index in [9.17, 15) is 4.79 Å². The molecule has 1 aromatic carbocycles. The molecular formula is C14H19N3O2. The van der Waals surface area contributed by atoms with E-state index in [1.54, 1.807) is 7.11 Å². The van der Waals surface area contributed by atoms with Crippen molar-refractivity contribution < 1.29 is 9.53 Å². The third kappa shape index (κ3) is 5.00. The Hall–Kier alpha value is -2.03. The summed E-state index contributed by atoms with van der Waals surface area (Å²) in [6.45, 7) is 1.07. The summed E-state index contributed by atoms with van der Waals surface area (Å²) >= 11 is 0. The number of likely N-dealkylation sites (N-methyl/N-ethyl adjacent to an activating group) is 1. The van der Waals surface area contributed by atoms with Crippen molar-refractivity contribution in [3.8, 4) is 17.6 Å². The Morgan fingerprint density at radius 2 is 2.21 bits per heavy atom. The number of carbonyl (C=O) groups is 1. The molecule has 5 heteroatoms. The summed E-state index contributed by atoms with van der Waals surface area (Å²) in [4.78, 5) is 12.7. The first-order valence-corrected chi connectivity index (χ1v) is 5.89. The lowest BCUT2D eigenvalue weighted by atomic mass is 10.1. The van der Waals surface area contributed by atoms with Gasteiger partial charge in [-0.2, -0.15) is 0 Å². The molecule has 0 bridgehead atoms. The SMILES string of the molecule is COc1ccc(C#CCN)c(CN(C)CC(N)=O)c1. The van der Waals surface area contributed by atoms with Crippen molar-refractivity contribution in [2.45, 2.75) is 6.54 Å². The van der Waals surface area contributed by atoms with Crippen LogP contribution in [0, 0.1) is 11.8 Å². The maximum atomic E-state index is 10.9. The number of nitrogens with zero attached hydrogens (tertiary/aromatic N) is 1. The molecule has 0 aromatic heterocycles. The van der Waals surface area contributed by atoms with Crippen molar-refractivity contribution in [2.75, 3.05) is 27.2 Å². The van der Waals surface area contributed by atoms with E-state index in [1.807, 2.05) is 30.1 Å². The average molecular weight is 261 g/mol. The maximum Gasteiger partial charge on any atom is 0.231 e. The molecule has 5 nitrogen and oxygen atoms in total. The van der Waals surface area contributed by atoms with Gasteiger partial charge in [0.1, 0.15) is 5.75 Å². The van der Waals surface area contributed by atoms with Crippen LogP contribution in [0.2, 0.25) is 0 Å². The highest BCUT2D eigenvalue weighted by molar-refractivity contribution is 5.75. The van der Waals surface area contributed by atoms with Crippen LogP contribution < -0.4 is 16.2 Å². The third-order valence-electron chi connectivity index (χ3n) is 2.50. The van der Waals surface area contributed by atoms with Crippen LogP contribution in [-0.4, -0.2) is 38.1 Å². The van der Waals surface area contributed by atoms with Gasteiger partial charge in [-0.25, -0.2) is 0 Å². The van der Waals surface area contributed by atoms with Crippen molar-refractivity contribution in [1.82, 2.24) is 4.90 Å². The summed E-state index contributed by atoms with van der Waals surface area (Å²) in [6, 6.07) is 5.63. The monoisotopic (exact) mass is 261 g/mol. The zero-order chi connectivity index (χ0) is 14.3. The molecule has 0 aliphatic heterocycles. The smallest absolute Gasteiger partial charge is 0.231 e. The molecule has 102 valence electrons. The summed E-state index contributed by atoms with van der Waals surface area (Å²) in [5.74, 6) is 6.22. The molecule has 0 radical (unpaired) electrons. The lowest BCUT2D eigenvalue weighted by molar-refractivity contribution is -0.118. The van der Waals surface area contributed by atoms with Crippen molar-refractivity contribution in [3.63, 3.8) is 0 Å². The van der Waals surface area contributed by atoms with Crippen molar-refractivity contribution in [1.29, 1.82) is 0 Å². The number of methoxy groups -OCH3 is 1. The van der Waals surface area contributed by atoms with Crippen LogP contribution in [0.25, 0.3) is 0 Å². The fourth-order valence-corrected chi connectivity index (χ4v) is 1.71. The molecule has 0 atom stereocenters. The summed E-state index contributed by atoms with van der Waals surface area (Å²) in [6.07, 6.45) is 0. The predicted molar refractivity (Wildman–Crippen MR) is 74.5 cm³/mol. The van der Waals surface area contributed by atoms with Gasteiger partial charge < -0.3 is 16.2 Å². The fraction of sp³-hybridized carbons (Fsp3) is 0.357. The molecule has 4 N–H and O–H groups in total. The van der Waals surface area contributed by atoms with Gasteiger partial charge in [-0.1, -0.05) is 11.8 Å². The highest BCUT2D eigenvalue weighted by Crippen LogP contribution is 2.18. The second kappa shape index (κ2) is 7.41. The van der Waals surface area contributed by atoms with Gasteiger partial charge in [0.05, 0.1) is 20.2 Å². The lowest BCUT2D eigenvalue weighted by Gasteiger charge is -2.16. The van der Waals surface area contributed by atoms with Gasteiger partial charge in [-0.3, -0.25) is 9.69 Å². The van der Waals surface area contributed by atoms with Crippen LogP contribution in [0.15, 0.2) is 18.2 Å². The largest absolute Gasteiger partial charge is 0.497 e. The molecule has 0 spiro atoms. The standard InChI is InChI=1S/C14H19N3O2/c1-17(10-14(16)18)9-12-8-13(19-2)6-5-11(12)4-3-7-15/h5-6,8H,7,9-10,15H2,1-2H3,(H2,16,18). The minimum Gasteiger partial charge on any atom is -0.497 e. The van der Waals surface area contributed by atoms with E-state index in [4.69, 9.17) is 16.2 Å². The molecule has 0 fully saturated rings. The van der Waals surface area contributed by atoms with Gasteiger partial charge in [-0.05, 0) is 30.8 Å². The summed E-state index contributed by atoms with van der Waals surface area (Å²) in [5.41, 5.74) is 12.4. The van der Waals surface area contributed by atoms with Crippen LogP contribution >= 0.6 is 0 Å². The molecule has 0 aliphatic carbocycles. The second-order valence-electron chi connectivity index (χ2n) is 4.17. The van der Waals surface area contributed by atoms with Gasteiger partial charge in [-0.15, -0.1) is 0 Å². The molecule has 0 unspecified atom stereocenters. The number of primary amides is 1. The van der Waals surface area contributed by atoms with Crippen molar-refractivity contribution in [2.24, 2.45) is 11.5 Å². The molecular weight excluding hydrogens is 242 g/mol. The summed E-state index contributed by atoms with van der Waals surface area (Å²) in [7, 11) is 3.43. The van der Waals surface area contributed by atoms with E-state index in [2.05, 4.69) is 11.8 Å². The Kier molecular flexibility index (Phi) is 5.86. The first-order valence-electron chi connectivity index (χ1n) is 5.89. The molecule has 0 heterocycles. The Balaban J connectivity index is 2.97. The van der Waals surface area contributed by atoms with Crippen LogP contribution in [0.5, 0.6) is 5.75 Å². The maximum absolute atomic E-state index is 10.9. The normalized spacial score (nSPS) is 9.89. The Labute approximate surface area is 113 Å². The van der Waals surface area contributed by atoms with Gasteiger partial charge >= 0.3 is 0 Å². The number of benzene rings is 1. The minimum atomic E-state index is -0.361. The van der Waals surface area contributed by atoms with E-state index >= 15 is 0 Å². The predicted octanol–water partition coefficient (Wildman–Crippen LogP) is -0.0775. The number of rotatable bonds is 5. The Bertz CT molecular complexity index is 503. The molecule has 0 saturated carbocycles. The van der Waals surface area contributed by atoms with Gasteiger partial charge in [0.15, 0.2) is 0 Å². The number of carbonyl (C=O) groups excluding carboxylic acids is 1. The molecule has 0 aliphatic rings. The average Bonchev–Trinajstić information content (AvgIpc) is 2.36. The van der Waals surface area contributed by atoms with Gasteiger partial charge in [0, 0.05) is 12.1 Å². The van der Waals surface area contributed by atoms with E-state index in [0.29, 0.717) is 13.1 Å². The Morgan fingerprint density at radius 3 is 2.79 bits per heavy atom. The zero-order valence-electron chi connectivity index (χ0n) is 11.3. The molecule has 1 aromatic rings. The molecule has 1 amide bonds. The van der Waals surface area contributed by atoms with Gasteiger partial charge in [0.2, 0.25) is 5.91 Å². The van der Waals surface area contributed by atoms with Crippen LogP contribution in [0.3, 0.4) is 0 Å². The summed E-state index contributed by atoms with van der Waals surface area (Å²) < 4.78 is 5.19. The molecule has 0 saturated heterocycles. The number of hydrogen-bond donors (Lipinski definition) is 2. The van der Waals surface area contributed by atoms with Crippen LogP contribution in [-0.2, 0) is 11.3 Å². The molecule has 1 rings (SSSR count). The van der Waals surface area contributed by atoms with E-state index in [-0.39, 0.29) is 12.5 Å². The van der Waals surface area contributed by atoms with E-state index < -0.39 is 0 Å². The second-order valence-corrected chi connectivity index (χ2v) is 4.17. The van der Waals surface area contributed by atoms with E-state index in [1.165, 1.54) is 0 Å². The highest BCUT2D eigenvalue weighted by atomic mass is 16.5. The van der Waals surface area contributed by atoms with E-state index in [0.717, 1.165) is 16.9 Å². The van der Waals surface area contributed by atoms with Crippen molar-refractivity contribution in [3.05, 3.63) is 29.3 Å². The fourth-order valence-electron chi connectivity index (χ4n) is 1.71. The number of nitrogens with two attached hydrogens (primary N) is 2. The van der Waals surface area contributed by atoms with Crippen molar-refractivity contribution >= 4 is 5.91 Å². The van der Waals surface area contributed by atoms with Gasteiger partial charge in [0.25, 0.3) is 0 Å². The Morgan fingerprint density at radius 1 is 1.47 bits per heavy atom. The molecule has 19 heavy (non-hydrogen) atoms. The topological polar surface area (TPSA) is 81.6 Å². The zero-order valence-corrected chi connectivity index (χ0v) is 11.3. The number of ether oxygens (including phenoxy) is 1. The summed E-state index contributed by atoms with van der Waals surface area (Å²) in [5, 5.41) is 0. The quantitative estimate of drug-likeness (QED) is 0.727.